The van der Waals surface area contributed by atoms with Crippen molar-refractivity contribution in [2.45, 2.75) is 32.8 Å². The van der Waals surface area contributed by atoms with E-state index in [1.165, 1.54) is 11.1 Å². The monoisotopic (exact) mass is 297 g/mol. The van der Waals surface area contributed by atoms with Gasteiger partial charge in [-0.1, -0.05) is 48.0 Å². The predicted octanol–water partition coefficient (Wildman–Crippen LogP) is 3.51. The maximum absolute atomic E-state index is 12.0. The van der Waals surface area contributed by atoms with Gasteiger partial charge in [0.25, 0.3) is 5.91 Å². The summed E-state index contributed by atoms with van der Waals surface area (Å²) in [5, 5.41) is 2.92. The van der Waals surface area contributed by atoms with Gasteiger partial charge < -0.3 is 10.1 Å². The number of hydrogen-bond donors (Lipinski definition) is 1. The van der Waals surface area contributed by atoms with Gasteiger partial charge >= 0.3 is 0 Å². The maximum atomic E-state index is 12.0. The normalized spacial score (nSPS) is 11.7. The van der Waals surface area contributed by atoms with Gasteiger partial charge in [0.05, 0.1) is 0 Å². The van der Waals surface area contributed by atoms with Crippen LogP contribution >= 0.6 is 0 Å². The molecule has 2 rings (SSSR count). The van der Waals surface area contributed by atoms with Gasteiger partial charge in [0.1, 0.15) is 5.75 Å². The smallest absolute Gasteiger partial charge is 0.260 e. The Morgan fingerprint density at radius 3 is 2.64 bits per heavy atom. The number of hydrogen-bond acceptors (Lipinski definition) is 2. The van der Waals surface area contributed by atoms with E-state index in [2.05, 4.69) is 36.5 Å². The molecule has 0 saturated heterocycles. The highest BCUT2D eigenvalue weighted by Gasteiger charge is 2.13. The molecule has 1 amide bonds. The standard InChI is InChI=1S/C19H23NO2/c1-15-8-6-9-17(14-15)10-7-13-20-19(21)16(2)22-18-11-4-3-5-12-18/h3-6,8-9,11-12,14,16H,7,10,13H2,1-2H3,(H,20,21)/t16-/m0/s1. The van der Waals surface area contributed by atoms with E-state index in [4.69, 9.17) is 4.74 Å². The zero-order valence-corrected chi connectivity index (χ0v) is 13.2. The summed E-state index contributed by atoms with van der Waals surface area (Å²) in [6.07, 6.45) is 1.41. The van der Waals surface area contributed by atoms with Gasteiger partial charge in [0.15, 0.2) is 6.10 Å². The van der Waals surface area contributed by atoms with Gasteiger partial charge in [-0.2, -0.15) is 0 Å². The number of benzene rings is 2. The molecule has 2 aromatic carbocycles. The molecule has 2 aromatic rings. The first kappa shape index (κ1) is 16.1. The third-order valence-corrected chi connectivity index (χ3v) is 3.45. The quantitative estimate of drug-likeness (QED) is 0.794. The van der Waals surface area contributed by atoms with E-state index < -0.39 is 6.10 Å². The van der Waals surface area contributed by atoms with Crippen LogP contribution in [0, 0.1) is 6.92 Å². The molecule has 0 aliphatic rings. The van der Waals surface area contributed by atoms with Gasteiger partial charge in [0.2, 0.25) is 0 Å². The van der Waals surface area contributed by atoms with E-state index in [1.54, 1.807) is 6.92 Å². The van der Waals surface area contributed by atoms with E-state index in [9.17, 15) is 4.79 Å². The Bertz CT molecular complexity index is 595. The van der Waals surface area contributed by atoms with Crippen molar-refractivity contribution in [2.75, 3.05) is 6.54 Å². The second-order valence-corrected chi connectivity index (χ2v) is 5.46. The van der Waals surface area contributed by atoms with E-state index in [-0.39, 0.29) is 5.91 Å². The van der Waals surface area contributed by atoms with E-state index in [1.807, 2.05) is 30.3 Å². The zero-order chi connectivity index (χ0) is 15.8. The highest BCUT2D eigenvalue weighted by molar-refractivity contribution is 5.80. The molecule has 1 atom stereocenters. The van der Waals surface area contributed by atoms with Crippen LogP contribution in [0.5, 0.6) is 5.75 Å². The fourth-order valence-corrected chi connectivity index (χ4v) is 2.27. The van der Waals surface area contributed by atoms with Crippen LogP contribution in [0.2, 0.25) is 0 Å². The number of aryl methyl sites for hydroxylation is 2. The summed E-state index contributed by atoms with van der Waals surface area (Å²) in [6, 6.07) is 17.9. The van der Waals surface area contributed by atoms with Crippen molar-refractivity contribution in [1.29, 1.82) is 0 Å². The molecule has 0 aromatic heterocycles. The lowest BCUT2D eigenvalue weighted by Crippen LogP contribution is -2.36. The van der Waals surface area contributed by atoms with Gasteiger partial charge in [-0.3, -0.25) is 4.79 Å². The molecule has 3 nitrogen and oxygen atoms in total. The fourth-order valence-electron chi connectivity index (χ4n) is 2.27. The summed E-state index contributed by atoms with van der Waals surface area (Å²) in [5.74, 6) is 0.637. The third-order valence-electron chi connectivity index (χ3n) is 3.45. The Balaban J connectivity index is 1.69. The van der Waals surface area contributed by atoms with Crippen LogP contribution in [0.4, 0.5) is 0 Å². The molecule has 0 radical (unpaired) electrons. The van der Waals surface area contributed by atoms with Crippen molar-refractivity contribution in [2.24, 2.45) is 0 Å². The molecular formula is C19H23NO2. The van der Waals surface area contributed by atoms with Crippen molar-refractivity contribution in [1.82, 2.24) is 5.32 Å². The fraction of sp³-hybridized carbons (Fsp3) is 0.316. The molecule has 22 heavy (non-hydrogen) atoms. The lowest BCUT2D eigenvalue weighted by molar-refractivity contribution is -0.127. The van der Waals surface area contributed by atoms with Gasteiger partial charge in [0, 0.05) is 6.54 Å². The summed E-state index contributed by atoms with van der Waals surface area (Å²) in [6.45, 7) is 4.52. The average Bonchev–Trinajstić information content (AvgIpc) is 2.52. The topological polar surface area (TPSA) is 38.3 Å². The van der Waals surface area contributed by atoms with Crippen LogP contribution in [0.25, 0.3) is 0 Å². The molecule has 0 aliphatic carbocycles. The van der Waals surface area contributed by atoms with Crippen LogP contribution in [0.15, 0.2) is 54.6 Å². The number of carbonyl (C=O) groups excluding carboxylic acids is 1. The highest BCUT2D eigenvalue weighted by atomic mass is 16.5. The predicted molar refractivity (Wildman–Crippen MR) is 89.0 cm³/mol. The molecule has 0 heterocycles. The second kappa shape index (κ2) is 8.23. The molecule has 1 N–H and O–H groups in total. The summed E-state index contributed by atoms with van der Waals surface area (Å²) >= 11 is 0. The first-order chi connectivity index (χ1) is 10.6. The van der Waals surface area contributed by atoms with Gasteiger partial charge in [-0.05, 0) is 44.4 Å². The van der Waals surface area contributed by atoms with Crippen molar-refractivity contribution < 1.29 is 9.53 Å². The molecular weight excluding hydrogens is 274 g/mol. The Hall–Kier alpha value is -2.29. The van der Waals surface area contributed by atoms with Gasteiger partial charge in [-0.25, -0.2) is 0 Å². The summed E-state index contributed by atoms with van der Waals surface area (Å²) < 4.78 is 5.60. The summed E-state index contributed by atoms with van der Waals surface area (Å²) in [7, 11) is 0. The minimum atomic E-state index is -0.485. The number of ether oxygens (including phenoxy) is 1. The Labute approximate surface area is 132 Å². The van der Waals surface area contributed by atoms with Crippen LogP contribution in [-0.4, -0.2) is 18.6 Å². The van der Waals surface area contributed by atoms with E-state index in [0.717, 1.165) is 12.8 Å². The first-order valence-corrected chi connectivity index (χ1v) is 7.70. The van der Waals surface area contributed by atoms with Crippen molar-refractivity contribution in [3.63, 3.8) is 0 Å². The lowest BCUT2D eigenvalue weighted by atomic mass is 10.1. The maximum Gasteiger partial charge on any atom is 0.260 e. The average molecular weight is 297 g/mol. The number of carbonyl (C=O) groups is 1. The van der Waals surface area contributed by atoms with Crippen LogP contribution in [-0.2, 0) is 11.2 Å². The summed E-state index contributed by atoms with van der Waals surface area (Å²) in [5.41, 5.74) is 2.58. The van der Waals surface area contributed by atoms with Crippen molar-refractivity contribution in [3.8, 4) is 5.75 Å². The molecule has 0 saturated carbocycles. The molecule has 0 fully saturated rings. The van der Waals surface area contributed by atoms with E-state index in [0.29, 0.717) is 12.3 Å². The van der Waals surface area contributed by atoms with E-state index >= 15 is 0 Å². The highest BCUT2D eigenvalue weighted by Crippen LogP contribution is 2.11. The Morgan fingerprint density at radius 2 is 1.91 bits per heavy atom. The minimum Gasteiger partial charge on any atom is -0.481 e. The summed E-state index contributed by atoms with van der Waals surface area (Å²) in [4.78, 5) is 12.0. The SMILES string of the molecule is Cc1cccc(CCCNC(=O)[C@H](C)Oc2ccccc2)c1. The zero-order valence-electron chi connectivity index (χ0n) is 13.2. The molecule has 116 valence electrons. The molecule has 0 unspecified atom stereocenters. The van der Waals surface area contributed by atoms with Crippen LogP contribution in [0.1, 0.15) is 24.5 Å². The minimum absolute atomic E-state index is 0.0758. The van der Waals surface area contributed by atoms with Crippen LogP contribution in [0.3, 0.4) is 0 Å². The first-order valence-electron chi connectivity index (χ1n) is 7.70. The molecule has 0 spiro atoms. The Morgan fingerprint density at radius 1 is 1.14 bits per heavy atom. The molecule has 3 heteroatoms. The van der Waals surface area contributed by atoms with Crippen LogP contribution < -0.4 is 10.1 Å². The second-order valence-electron chi connectivity index (χ2n) is 5.46. The largest absolute Gasteiger partial charge is 0.481 e. The number of rotatable bonds is 7. The number of nitrogens with one attached hydrogen (secondary N) is 1. The third kappa shape index (κ3) is 5.24. The number of amides is 1. The number of para-hydroxylation sites is 1. The van der Waals surface area contributed by atoms with Crippen molar-refractivity contribution >= 4 is 5.91 Å². The van der Waals surface area contributed by atoms with Crippen molar-refractivity contribution in [3.05, 3.63) is 65.7 Å². The molecule has 0 bridgehead atoms. The molecule has 0 aliphatic heterocycles. The Kier molecular flexibility index (Phi) is 6.01. The van der Waals surface area contributed by atoms with Gasteiger partial charge in [-0.15, -0.1) is 0 Å². The lowest BCUT2D eigenvalue weighted by Gasteiger charge is -2.14.